The van der Waals surface area contributed by atoms with Crippen LogP contribution in [0.3, 0.4) is 0 Å². The second-order valence-corrected chi connectivity index (χ2v) is 4.83. The number of aromatic nitrogens is 2. The maximum atomic E-state index is 5.90. The third-order valence-corrected chi connectivity index (χ3v) is 3.62. The molecule has 0 saturated heterocycles. The number of rotatable bonds is 2. The van der Waals surface area contributed by atoms with Crippen LogP contribution >= 0.6 is 11.3 Å². The van der Waals surface area contributed by atoms with Gasteiger partial charge < -0.3 is 10.3 Å². The molecule has 0 aliphatic heterocycles. The lowest BCUT2D eigenvalue weighted by molar-refractivity contribution is 0.435. The zero-order valence-corrected chi connectivity index (χ0v) is 10.6. The molecule has 0 atom stereocenters. The van der Waals surface area contributed by atoms with Crippen molar-refractivity contribution < 1.29 is 4.52 Å². The molecule has 0 aliphatic carbocycles. The van der Waals surface area contributed by atoms with E-state index in [1.165, 1.54) is 0 Å². The predicted molar refractivity (Wildman–Crippen MR) is 72.2 cm³/mol. The van der Waals surface area contributed by atoms with Crippen LogP contribution in [-0.4, -0.2) is 10.1 Å². The number of anilines is 1. The molecular weight excluding hydrogens is 246 g/mol. The summed E-state index contributed by atoms with van der Waals surface area (Å²) in [7, 11) is 0. The summed E-state index contributed by atoms with van der Waals surface area (Å²) in [5.74, 6) is 1.09. The van der Waals surface area contributed by atoms with E-state index >= 15 is 0 Å². The normalized spacial score (nSPS) is 10.7. The number of nitrogen functional groups attached to an aromatic ring is 1. The minimum atomic E-state index is 0.413. The van der Waals surface area contributed by atoms with Gasteiger partial charge in [0.1, 0.15) is 0 Å². The van der Waals surface area contributed by atoms with Crippen molar-refractivity contribution in [2.45, 2.75) is 6.92 Å². The molecule has 3 aromatic rings. The Balaban J connectivity index is 2.23. The molecule has 3 heterocycles. The molecule has 4 nitrogen and oxygen atoms in total. The van der Waals surface area contributed by atoms with E-state index in [9.17, 15) is 0 Å². The smallest absolute Gasteiger partial charge is 0.179 e. The van der Waals surface area contributed by atoms with E-state index in [4.69, 9.17) is 10.3 Å². The Morgan fingerprint density at radius 2 is 2.17 bits per heavy atom. The van der Waals surface area contributed by atoms with E-state index in [0.717, 1.165) is 21.7 Å². The number of hydrogen-bond acceptors (Lipinski definition) is 5. The zero-order valence-electron chi connectivity index (χ0n) is 9.75. The van der Waals surface area contributed by atoms with Crippen LogP contribution in [0, 0.1) is 6.92 Å². The third-order valence-electron chi connectivity index (χ3n) is 2.74. The van der Waals surface area contributed by atoms with E-state index in [1.807, 2.05) is 36.6 Å². The van der Waals surface area contributed by atoms with Gasteiger partial charge in [-0.3, -0.25) is 4.98 Å². The highest BCUT2D eigenvalue weighted by atomic mass is 32.1. The van der Waals surface area contributed by atoms with Crippen LogP contribution in [0.2, 0.25) is 0 Å². The second-order valence-electron chi connectivity index (χ2n) is 3.89. The summed E-state index contributed by atoms with van der Waals surface area (Å²) in [6, 6.07) is 7.81. The van der Waals surface area contributed by atoms with Crippen LogP contribution in [-0.2, 0) is 0 Å². The maximum absolute atomic E-state index is 5.90. The number of pyridine rings is 1. The molecule has 3 rings (SSSR count). The molecule has 0 fully saturated rings. The van der Waals surface area contributed by atoms with Crippen LogP contribution in [0.15, 0.2) is 40.4 Å². The van der Waals surface area contributed by atoms with Gasteiger partial charge in [0.15, 0.2) is 11.6 Å². The highest BCUT2D eigenvalue weighted by molar-refractivity contribution is 7.13. The Kier molecular flexibility index (Phi) is 2.60. The van der Waals surface area contributed by atoms with Gasteiger partial charge in [-0.2, -0.15) is 0 Å². The van der Waals surface area contributed by atoms with E-state index in [2.05, 4.69) is 10.1 Å². The lowest BCUT2D eigenvalue weighted by Crippen LogP contribution is -1.89. The summed E-state index contributed by atoms with van der Waals surface area (Å²) in [6.07, 6.45) is 1.75. The quantitative estimate of drug-likeness (QED) is 0.764. The molecule has 3 aromatic heterocycles. The lowest BCUT2D eigenvalue weighted by atomic mass is 10.1. The Bertz CT molecular complexity index is 673. The van der Waals surface area contributed by atoms with Gasteiger partial charge in [-0.1, -0.05) is 11.2 Å². The molecule has 0 bridgehead atoms. The number of nitrogens with zero attached hydrogens (tertiary/aromatic N) is 2. The highest BCUT2D eigenvalue weighted by Crippen LogP contribution is 2.39. The molecule has 0 aliphatic rings. The molecule has 5 heteroatoms. The Labute approximate surface area is 108 Å². The minimum absolute atomic E-state index is 0.413. The third kappa shape index (κ3) is 1.69. The fourth-order valence-corrected chi connectivity index (χ4v) is 2.65. The molecule has 0 unspecified atom stereocenters. The van der Waals surface area contributed by atoms with Gasteiger partial charge in [0.2, 0.25) is 0 Å². The van der Waals surface area contributed by atoms with Crippen molar-refractivity contribution in [2.24, 2.45) is 0 Å². The average Bonchev–Trinajstić information content (AvgIpc) is 2.98. The van der Waals surface area contributed by atoms with Gasteiger partial charge in [0.25, 0.3) is 0 Å². The Hall–Kier alpha value is -2.14. The highest BCUT2D eigenvalue weighted by Gasteiger charge is 2.19. The van der Waals surface area contributed by atoms with Crippen LogP contribution in [0.4, 0.5) is 5.82 Å². The molecule has 2 N–H and O–H groups in total. The van der Waals surface area contributed by atoms with Crippen molar-refractivity contribution in [1.29, 1.82) is 0 Å². The van der Waals surface area contributed by atoms with Crippen LogP contribution in [0.1, 0.15) is 5.69 Å². The van der Waals surface area contributed by atoms with Crippen molar-refractivity contribution in [2.75, 3.05) is 5.73 Å². The Morgan fingerprint density at radius 1 is 1.28 bits per heavy atom. The van der Waals surface area contributed by atoms with E-state index in [1.54, 1.807) is 17.5 Å². The van der Waals surface area contributed by atoms with Crippen molar-refractivity contribution >= 4 is 17.2 Å². The molecule has 0 aromatic carbocycles. The maximum Gasteiger partial charge on any atom is 0.179 e. The van der Waals surface area contributed by atoms with E-state index in [0.29, 0.717) is 11.6 Å². The zero-order chi connectivity index (χ0) is 12.5. The lowest BCUT2D eigenvalue weighted by Gasteiger charge is -2.02. The minimum Gasteiger partial charge on any atom is -0.380 e. The summed E-state index contributed by atoms with van der Waals surface area (Å²) < 4.78 is 5.38. The summed E-state index contributed by atoms with van der Waals surface area (Å²) >= 11 is 1.61. The number of thiophene rings is 1. The van der Waals surface area contributed by atoms with Gasteiger partial charge >= 0.3 is 0 Å². The summed E-state index contributed by atoms with van der Waals surface area (Å²) in [6.45, 7) is 1.94. The molecule has 0 amide bonds. The standard InChI is InChI=1S/C13H11N3OS/c1-8-9(4-2-6-15-8)12-11(13(14)16-17-12)10-5-3-7-18-10/h2-7H,1H3,(H2,14,16). The predicted octanol–water partition coefficient (Wildman–Crippen LogP) is 3.36. The van der Waals surface area contributed by atoms with E-state index in [-0.39, 0.29) is 0 Å². The fraction of sp³-hybridized carbons (Fsp3) is 0.0769. The average molecular weight is 257 g/mol. The molecule has 0 radical (unpaired) electrons. The Morgan fingerprint density at radius 3 is 2.89 bits per heavy atom. The van der Waals surface area contributed by atoms with Crippen molar-refractivity contribution in [3.8, 4) is 21.8 Å². The molecule has 0 spiro atoms. The topological polar surface area (TPSA) is 64.9 Å². The number of hydrogen-bond donors (Lipinski definition) is 1. The first-order chi connectivity index (χ1) is 8.77. The number of aryl methyl sites for hydroxylation is 1. The summed E-state index contributed by atoms with van der Waals surface area (Å²) in [4.78, 5) is 5.31. The first-order valence-corrected chi connectivity index (χ1v) is 6.36. The molecular formula is C13H11N3OS. The second kappa shape index (κ2) is 4.27. The van der Waals surface area contributed by atoms with Gasteiger partial charge in [0, 0.05) is 22.3 Å². The van der Waals surface area contributed by atoms with Crippen molar-refractivity contribution in [1.82, 2.24) is 10.1 Å². The fourth-order valence-electron chi connectivity index (χ4n) is 1.87. The number of nitrogens with two attached hydrogens (primary N) is 1. The van der Waals surface area contributed by atoms with Crippen LogP contribution < -0.4 is 5.73 Å². The molecule has 0 saturated carbocycles. The van der Waals surface area contributed by atoms with E-state index < -0.39 is 0 Å². The van der Waals surface area contributed by atoms with Crippen LogP contribution in [0.5, 0.6) is 0 Å². The molecule has 18 heavy (non-hydrogen) atoms. The van der Waals surface area contributed by atoms with Gasteiger partial charge in [-0.25, -0.2) is 0 Å². The summed E-state index contributed by atoms with van der Waals surface area (Å²) in [5.41, 5.74) is 8.57. The SMILES string of the molecule is Cc1ncccc1-c1onc(N)c1-c1cccs1. The molecule has 90 valence electrons. The van der Waals surface area contributed by atoms with Gasteiger partial charge in [-0.05, 0) is 30.5 Å². The largest absolute Gasteiger partial charge is 0.380 e. The van der Waals surface area contributed by atoms with Crippen molar-refractivity contribution in [3.05, 3.63) is 41.5 Å². The van der Waals surface area contributed by atoms with Gasteiger partial charge in [0.05, 0.1) is 5.56 Å². The summed E-state index contributed by atoms with van der Waals surface area (Å²) in [5, 5.41) is 5.87. The monoisotopic (exact) mass is 257 g/mol. The van der Waals surface area contributed by atoms with Crippen LogP contribution in [0.25, 0.3) is 21.8 Å². The first-order valence-electron chi connectivity index (χ1n) is 5.48. The van der Waals surface area contributed by atoms with Gasteiger partial charge in [-0.15, -0.1) is 11.3 Å². The first kappa shape index (κ1) is 11.0. The van der Waals surface area contributed by atoms with Crippen molar-refractivity contribution in [3.63, 3.8) is 0 Å².